The van der Waals surface area contributed by atoms with E-state index in [-0.39, 0.29) is 0 Å². The van der Waals surface area contributed by atoms with Crippen molar-refractivity contribution in [1.29, 1.82) is 0 Å². The molecule has 4 atom stereocenters. The van der Waals surface area contributed by atoms with E-state index in [9.17, 15) is 0 Å². The van der Waals surface area contributed by atoms with Crippen molar-refractivity contribution in [2.75, 3.05) is 0 Å². The van der Waals surface area contributed by atoms with Crippen molar-refractivity contribution in [3.63, 3.8) is 0 Å². The molecule has 0 spiro atoms. The molecule has 102 valence electrons. The number of hydrogen-bond donors (Lipinski definition) is 0. The van der Waals surface area contributed by atoms with Gasteiger partial charge in [0.05, 0.1) is 0 Å². The Morgan fingerprint density at radius 2 is 1.65 bits per heavy atom. The van der Waals surface area contributed by atoms with Crippen molar-refractivity contribution >= 4 is 0 Å². The lowest BCUT2D eigenvalue weighted by molar-refractivity contribution is 0.256. The Bertz CT molecular complexity index is 208. The third kappa shape index (κ3) is 3.26. The zero-order valence-corrected chi connectivity index (χ0v) is 12.9. The van der Waals surface area contributed by atoms with Crippen LogP contribution in [0.2, 0.25) is 0 Å². The van der Waals surface area contributed by atoms with E-state index in [1.165, 1.54) is 51.4 Å². The van der Waals surface area contributed by atoms with Gasteiger partial charge in [0.25, 0.3) is 0 Å². The van der Waals surface area contributed by atoms with E-state index in [0.29, 0.717) is 5.41 Å². The van der Waals surface area contributed by atoms with Gasteiger partial charge in [0.15, 0.2) is 0 Å². The molecule has 1 saturated carbocycles. The lowest BCUT2D eigenvalue weighted by Gasteiger charge is -2.24. The molecule has 1 aliphatic carbocycles. The molecule has 4 unspecified atom stereocenters. The molecule has 1 fully saturated rings. The van der Waals surface area contributed by atoms with Gasteiger partial charge in [-0.3, -0.25) is 0 Å². The Labute approximate surface area is 110 Å². The Morgan fingerprint density at radius 3 is 2.12 bits per heavy atom. The lowest BCUT2D eigenvalue weighted by atomic mass is 9.81. The molecule has 1 rings (SSSR count). The summed E-state index contributed by atoms with van der Waals surface area (Å²) in [7, 11) is 0. The van der Waals surface area contributed by atoms with E-state index in [4.69, 9.17) is 0 Å². The van der Waals surface area contributed by atoms with Gasteiger partial charge in [-0.25, -0.2) is 0 Å². The van der Waals surface area contributed by atoms with Crippen molar-refractivity contribution in [2.24, 2.45) is 23.2 Å². The molecular formula is C17H34. The van der Waals surface area contributed by atoms with Gasteiger partial charge in [-0.2, -0.15) is 0 Å². The van der Waals surface area contributed by atoms with Crippen LogP contribution in [0.4, 0.5) is 0 Å². The molecule has 17 heavy (non-hydrogen) atoms. The van der Waals surface area contributed by atoms with E-state index < -0.39 is 0 Å². The van der Waals surface area contributed by atoms with Gasteiger partial charge in [-0.05, 0) is 29.6 Å². The Morgan fingerprint density at radius 1 is 1.00 bits per heavy atom. The lowest BCUT2D eigenvalue weighted by Crippen LogP contribution is -2.15. The van der Waals surface area contributed by atoms with Crippen LogP contribution in [0.5, 0.6) is 0 Å². The predicted octanol–water partition coefficient (Wildman–Crippen LogP) is 6.06. The molecule has 0 nitrogen and oxygen atoms in total. The molecule has 0 N–H and O–H groups in total. The van der Waals surface area contributed by atoms with E-state index in [1.54, 1.807) is 0 Å². The third-order valence-corrected chi connectivity index (χ3v) is 5.74. The fraction of sp³-hybridized carbons (Fsp3) is 1.00. The average molecular weight is 238 g/mol. The normalized spacial score (nSPS) is 33.7. The minimum absolute atomic E-state index is 0.689. The van der Waals surface area contributed by atoms with Gasteiger partial charge >= 0.3 is 0 Å². The van der Waals surface area contributed by atoms with Crippen LogP contribution < -0.4 is 0 Å². The zero-order valence-electron chi connectivity index (χ0n) is 12.9. The summed E-state index contributed by atoms with van der Waals surface area (Å²) in [6.45, 7) is 12.1. The average Bonchev–Trinajstić information content (AvgIpc) is 2.86. The zero-order chi connectivity index (χ0) is 12.9. The minimum atomic E-state index is 0.689. The van der Waals surface area contributed by atoms with Crippen LogP contribution in [0.15, 0.2) is 0 Å². The summed E-state index contributed by atoms with van der Waals surface area (Å²) in [6.07, 6.45) is 11.5. The molecular weight excluding hydrogens is 204 g/mol. The van der Waals surface area contributed by atoms with Crippen LogP contribution in [-0.4, -0.2) is 0 Å². The third-order valence-electron chi connectivity index (χ3n) is 5.74. The number of rotatable bonds is 9. The fourth-order valence-electron chi connectivity index (χ4n) is 4.28. The van der Waals surface area contributed by atoms with Gasteiger partial charge < -0.3 is 0 Å². The molecule has 0 amide bonds. The van der Waals surface area contributed by atoms with E-state index in [1.807, 2.05) is 0 Å². The summed E-state index contributed by atoms with van der Waals surface area (Å²) in [5.41, 5.74) is 0.689. The van der Waals surface area contributed by atoms with Gasteiger partial charge in [-0.1, -0.05) is 79.6 Å². The maximum Gasteiger partial charge on any atom is -0.0238 e. The molecule has 0 aliphatic heterocycles. The van der Waals surface area contributed by atoms with E-state index in [2.05, 4.69) is 34.6 Å². The first-order valence-corrected chi connectivity index (χ1v) is 8.12. The number of unbranched alkanes of at least 4 members (excludes halogenated alkanes) is 4. The quantitative estimate of drug-likeness (QED) is 0.429. The van der Waals surface area contributed by atoms with E-state index in [0.717, 1.165) is 17.8 Å². The highest BCUT2D eigenvalue weighted by molar-refractivity contribution is 5.07. The van der Waals surface area contributed by atoms with Crippen LogP contribution in [0.25, 0.3) is 0 Å². The van der Waals surface area contributed by atoms with Crippen molar-refractivity contribution in [3.8, 4) is 0 Å². The molecule has 0 aromatic rings. The molecule has 0 heteroatoms. The standard InChI is InChI=1S/C17H34/c1-6-9-10-11-12-13-15(7-2)17(5)14(4)16(17)8-3/h14-16H,6-13H2,1-5H3. The van der Waals surface area contributed by atoms with Gasteiger partial charge in [0.2, 0.25) is 0 Å². The summed E-state index contributed by atoms with van der Waals surface area (Å²) in [4.78, 5) is 0. The van der Waals surface area contributed by atoms with Gasteiger partial charge in [0.1, 0.15) is 0 Å². The Hall–Kier alpha value is 0. The molecule has 0 radical (unpaired) electrons. The van der Waals surface area contributed by atoms with Crippen molar-refractivity contribution in [3.05, 3.63) is 0 Å². The summed E-state index contributed by atoms with van der Waals surface area (Å²) >= 11 is 0. The van der Waals surface area contributed by atoms with Crippen LogP contribution >= 0.6 is 0 Å². The first-order valence-electron chi connectivity index (χ1n) is 8.12. The maximum atomic E-state index is 2.56. The topological polar surface area (TPSA) is 0 Å². The minimum Gasteiger partial charge on any atom is -0.0654 e. The first kappa shape index (κ1) is 15.1. The molecule has 0 aromatic carbocycles. The molecule has 0 saturated heterocycles. The fourth-order valence-corrected chi connectivity index (χ4v) is 4.28. The van der Waals surface area contributed by atoms with Crippen LogP contribution in [0, 0.1) is 23.2 Å². The second kappa shape index (κ2) is 6.81. The highest BCUT2D eigenvalue weighted by Gasteiger charge is 2.59. The first-order chi connectivity index (χ1) is 8.12. The Balaban J connectivity index is 2.29. The van der Waals surface area contributed by atoms with Crippen molar-refractivity contribution < 1.29 is 0 Å². The predicted molar refractivity (Wildman–Crippen MR) is 78.2 cm³/mol. The van der Waals surface area contributed by atoms with Crippen molar-refractivity contribution in [1.82, 2.24) is 0 Å². The molecule has 0 bridgehead atoms. The summed E-state index contributed by atoms with van der Waals surface area (Å²) in [5, 5.41) is 0. The smallest absolute Gasteiger partial charge is 0.0238 e. The van der Waals surface area contributed by atoms with Crippen LogP contribution in [0.1, 0.15) is 86.0 Å². The highest BCUT2D eigenvalue weighted by atomic mass is 14.6. The summed E-state index contributed by atoms with van der Waals surface area (Å²) < 4.78 is 0. The highest BCUT2D eigenvalue weighted by Crippen LogP contribution is 2.65. The SMILES string of the molecule is CCCCCCCC(CC)C1(C)C(C)C1CC. The van der Waals surface area contributed by atoms with Gasteiger partial charge in [-0.15, -0.1) is 0 Å². The van der Waals surface area contributed by atoms with E-state index >= 15 is 0 Å². The summed E-state index contributed by atoms with van der Waals surface area (Å²) in [6, 6.07) is 0. The van der Waals surface area contributed by atoms with Crippen LogP contribution in [0.3, 0.4) is 0 Å². The second-order valence-electron chi connectivity index (χ2n) is 6.48. The summed E-state index contributed by atoms with van der Waals surface area (Å²) in [5.74, 6) is 2.99. The molecule has 0 aromatic heterocycles. The monoisotopic (exact) mass is 238 g/mol. The maximum absolute atomic E-state index is 2.56. The largest absolute Gasteiger partial charge is 0.0654 e. The number of hydrogen-bond acceptors (Lipinski definition) is 0. The van der Waals surface area contributed by atoms with Crippen LogP contribution in [-0.2, 0) is 0 Å². The molecule has 1 aliphatic rings. The Kier molecular flexibility index (Phi) is 6.03. The van der Waals surface area contributed by atoms with Gasteiger partial charge in [0, 0.05) is 0 Å². The molecule has 0 heterocycles. The second-order valence-corrected chi connectivity index (χ2v) is 6.48. The van der Waals surface area contributed by atoms with Crippen molar-refractivity contribution in [2.45, 2.75) is 86.0 Å².